The zero-order chi connectivity index (χ0) is 15.5. The molecule has 6 heteroatoms. The molecule has 0 amide bonds. The molecular formula is C16H25ClF2N2O. The molecule has 2 N–H and O–H groups in total. The van der Waals surface area contributed by atoms with Crippen LogP contribution in [0.3, 0.4) is 0 Å². The van der Waals surface area contributed by atoms with E-state index in [0.29, 0.717) is 5.75 Å². The van der Waals surface area contributed by atoms with Gasteiger partial charge < -0.3 is 10.5 Å². The highest BCUT2D eigenvalue weighted by atomic mass is 35.5. The number of hydrogen-bond donors (Lipinski definition) is 1. The van der Waals surface area contributed by atoms with Gasteiger partial charge in [-0.1, -0.05) is 26.0 Å². The van der Waals surface area contributed by atoms with E-state index < -0.39 is 13.0 Å². The Kier molecular flexibility index (Phi) is 7.03. The molecule has 1 fully saturated rings. The highest BCUT2D eigenvalue weighted by Crippen LogP contribution is 2.28. The van der Waals surface area contributed by atoms with Gasteiger partial charge in [-0.25, -0.2) is 8.78 Å². The maximum Gasteiger partial charge on any atom is 0.272 e. The summed E-state index contributed by atoms with van der Waals surface area (Å²) in [7, 11) is 0. The fraction of sp³-hybridized carbons (Fsp3) is 0.625. The molecule has 1 heterocycles. The Morgan fingerprint density at radius 3 is 2.50 bits per heavy atom. The van der Waals surface area contributed by atoms with Gasteiger partial charge in [0, 0.05) is 25.7 Å². The second kappa shape index (κ2) is 8.09. The molecule has 0 radical (unpaired) electrons. The number of alkyl halides is 2. The van der Waals surface area contributed by atoms with Gasteiger partial charge in [-0.3, -0.25) is 4.90 Å². The van der Waals surface area contributed by atoms with Crippen molar-refractivity contribution in [3.8, 4) is 5.75 Å². The maximum absolute atomic E-state index is 12.1. The molecule has 0 saturated carbocycles. The third kappa shape index (κ3) is 5.38. The lowest BCUT2D eigenvalue weighted by Gasteiger charge is -2.42. The van der Waals surface area contributed by atoms with E-state index in [-0.39, 0.29) is 23.9 Å². The van der Waals surface area contributed by atoms with Crippen LogP contribution in [-0.4, -0.2) is 37.1 Å². The minimum Gasteiger partial charge on any atom is -0.488 e. The first-order chi connectivity index (χ1) is 9.87. The molecule has 0 bridgehead atoms. The third-order valence-corrected chi connectivity index (χ3v) is 4.10. The number of nitrogens with two attached hydrogens (primary N) is 1. The summed E-state index contributed by atoms with van der Waals surface area (Å²) in [6.45, 7) is 6.66. The predicted molar refractivity (Wildman–Crippen MR) is 86.8 cm³/mol. The normalized spacial score (nSPS) is 21.5. The number of nitrogens with zero attached hydrogens (tertiary/aromatic N) is 1. The minimum atomic E-state index is -2.44. The van der Waals surface area contributed by atoms with Crippen LogP contribution in [0.4, 0.5) is 8.78 Å². The van der Waals surface area contributed by atoms with Gasteiger partial charge in [0.2, 0.25) is 0 Å². The van der Waals surface area contributed by atoms with Gasteiger partial charge in [0.05, 0.1) is 0 Å². The summed E-state index contributed by atoms with van der Waals surface area (Å²) < 4.78 is 29.1. The Balaban J connectivity index is 0.00000242. The molecule has 1 aliphatic heterocycles. The van der Waals surface area contributed by atoms with Gasteiger partial charge in [-0.15, -0.1) is 12.4 Å². The van der Waals surface area contributed by atoms with Crippen LogP contribution in [0.25, 0.3) is 0 Å². The molecule has 1 aromatic carbocycles. The Morgan fingerprint density at radius 2 is 1.95 bits per heavy atom. The van der Waals surface area contributed by atoms with Crippen molar-refractivity contribution < 1.29 is 13.5 Å². The van der Waals surface area contributed by atoms with Crippen molar-refractivity contribution in [2.45, 2.75) is 39.3 Å². The number of halogens is 3. The van der Waals surface area contributed by atoms with E-state index in [1.807, 2.05) is 12.1 Å². The first-order valence-electron chi connectivity index (χ1n) is 7.34. The molecule has 22 heavy (non-hydrogen) atoms. The summed E-state index contributed by atoms with van der Waals surface area (Å²) in [5.74, 6) is 0.486. The topological polar surface area (TPSA) is 38.5 Å². The van der Waals surface area contributed by atoms with Crippen molar-refractivity contribution >= 4 is 12.4 Å². The molecule has 1 unspecified atom stereocenters. The molecule has 1 atom stereocenters. The predicted octanol–water partition coefficient (Wildman–Crippen LogP) is 3.31. The van der Waals surface area contributed by atoms with E-state index in [1.165, 1.54) is 0 Å². The van der Waals surface area contributed by atoms with Crippen molar-refractivity contribution in [3.63, 3.8) is 0 Å². The van der Waals surface area contributed by atoms with Gasteiger partial charge in [-0.05, 0) is 29.5 Å². The number of piperidine rings is 1. The van der Waals surface area contributed by atoms with Crippen molar-refractivity contribution in [2.75, 3.05) is 19.7 Å². The van der Waals surface area contributed by atoms with Crippen LogP contribution >= 0.6 is 12.4 Å². The highest BCUT2D eigenvalue weighted by molar-refractivity contribution is 5.85. The fourth-order valence-electron chi connectivity index (χ4n) is 2.73. The standard InChI is InChI=1S/C16H24F2N2O.ClH/c1-16(2)11-20(8-7-14(16)19)9-12-3-5-13(6-4-12)21-10-15(17)18;/h3-6,14-15H,7-11,19H2,1-2H3;1H. The average molecular weight is 335 g/mol. The average Bonchev–Trinajstić information content (AvgIpc) is 2.42. The van der Waals surface area contributed by atoms with Crippen LogP contribution < -0.4 is 10.5 Å². The van der Waals surface area contributed by atoms with Crippen LogP contribution in [0.15, 0.2) is 24.3 Å². The Morgan fingerprint density at radius 1 is 1.32 bits per heavy atom. The van der Waals surface area contributed by atoms with Crippen molar-refractivity contribution in [1.82, 2.24) is 4.90 Å². The summed E-state index contributed by atoms with van der Waals surface area (Å²) in [4.78, 5) is 2.39. The van der Waals surface area contributed by atoms with Crippen molar-refractivity contribution in [2.24, 2.45) is 11.1 Å². The first-order valence-corrected chi connectivity index (χ1v) is 7.34. The van der Waals surface area contributed by atoms with Gasteiger partial charge >= 0.3 is 0 Å². The van der Waals surface area contributed by atoms with Crippen molar-refractivity contribution in [1.29, 1.82) is 0 Å². The molecule has 0 spiro atoms. The molecule has 3 nitrogen and oxygen atoms in total. The number of ether oxygens (including phenoxy) is 1. The summed E-state index contributed by atoms with van der Waals surface area (Å²) in [6, 6.07) is 7.61. The van der Waals surface area contributed by atoms with E-state index in [9.17, 15) is 8.78 Å². The lowest BCUT2D eigenvalue weighted by Crippen LogP contribution is -2.52. The van der Waals surface area contributed by atoms with E-state index in [0.717, 1.165) is 31.6 Å². The quantitative estimate of drug-likeness (QED) is 0.897. The number of benzene rings is 1. The molecular weight excluding hydrogens is 310 g/mol. The minimum absolute atomic E-state index is 0. The number of hydrogen-bond acceptors (Lipinski definition) is 3. The van der Waals surface area contributed by atoms with Gasteiger partial charge in [0.1, 0.15) is 12.4 Å². The van der Waals surface area contributed by atoms with Crippen LogP contribution in [0.1, 0.15) is 25.8 Å². The summed E-state index contributed by atoms with van der Waals surface area (Å²) in [5.41, 5.74) is 7.42. The zero-order valence-electron chi connectivity index (χ0n) is 13.1. The maximum atomic E-state index is 12.1. The van der Waals surface area contributed by atoms with E-state index in [2.05, 4.69) is 18.7 Å². The second-order valence-corrected chi connectivity index (χ2v) is 6.44. The summed E-state index contributed by atoms with van der Waals surface area (Å²) >= 11 is 0. The SMILES string of the molecule is CC1(C)CN(Cc2ccc(OCC(F)F)cc2)CCC1N.Cl. The second-order valence-electron chi connectivity index (χ2n) is 6.44. The number of likely N-dealkylation sites (tertiary alicyclic amines) is 1. The van der Waals surface area contributed by atoms with E-state index in [1.54, 1.807) is 12.1 Å². The van der Waals surface area contributed by atoms with E-state index in [4.69, 9.17) is 10.5 Å². The molecule has 2 rings (SSSR count). The van der Waals surface area contributed by atoms with Crippen molar-refractivity contribution in [3.05, 3.63) is 29.8 Å². The van der Waals surface area contributed by atoms with Crippen LogP contribution in [0.2, 0.25) is 0 Å². The van der Waals surface area contributed by atoms with Gasteiger partial charge in [-0.2, -0.15) is 0 Å². The highest BCUT2D eigenvalue weighted by Gasteiger charge is 2.33. The molecule has 126 valence electrons. The smallest absolute Gasteiger partial charge is 0.272 e. The molecule has 0 aromatic heterocycles. The third-order valence-electron chi connectivity index (χ3n) is 4.10. The van der Waals surface area contributed by atoms with Crippen LogP contribution in [0, 0.1) is 5.41 Å². The van der Waals surface area contributed by atoms with Gasteiger partial charge in [0.15, 0.2) is 0 Å². The lowest BCUT2D eigenvalue weighted by atomic mass is 9.79. The molecule has 1 aliphatic rings. The fourth-order valence-corrected chi connectivity index (χ4v) is 2.73. The Labute approximate surface area is 137 Å². The number of rotatable bonds is 5. The molecule has 1 saturated heterocycles. The summed E-state index contributed by atoms with van der Waals surface area (Å²) in [6.07, 6.45) is -1.44. The zero-order valence-corrected chi connectivity index (χ0v) is 13.9. The Hall–Kier alpha value is -0.910. The molecule has 0 aliphatic carbocycles. The lowest BCUT2D eigenvalue weighted by molar-refractivity contribution is 0.0817. The first kappa shape index (κ1) is 19.1. The largest absolute Gasteiger partial charge is 0.488 e. The Bertz CT molecular complexity index is 454. The van der Waals surface area contributed by atoms with Crippen LogP contribution in [0.5, 0.6) is 5.75 Å². The van der Waals surface area contributed by atoms with E-state index >= 15 is 0 Å². The molecule has 1 aromatic rings. The van der Waals surface area contributed by atoms with Gasteiger partial charge in [0.25, 0.3) is 6.43 Å². The summed E-state index contributed by atoms with van der Waals surface area (Å²) in [5, 5.41) is 0. The van der Waals surface area contributed by atoms with Crippen LogP contribution in [-0.2, 0) is 6.54 Å². The monoisotopic (exact) mass is 334 g/mol.